The molecule has 0 aliphatic heterocycles. The van der Waals surface area contributed by atoms with E-state index in [1.54, 1.807) is 38.2 Å². The van der Waals surface area contributed by atoms with Gasteiger partial charge in [0.1, 0.15) is 0 Å². The number of hydrogen-bond donors (Lipinski definition) is 2. The number of carbonyl (C=O) groups excluding carboxylic acids is 1. The minimum absolute atomic E-state index is 0. The van der Waals surface area contributed by atoms with Gasteiger partial charge in [-0.2, -0.15) is 0 Å². The van der Waals surface area contributed by atoms with E-state index in [9.17, 15) is 14.9 Å². The zero-order valence-electron chi connectivity index (χ0n) is 18.1. The van der Waals surface area contributed by atoms with E-state index in [2.05, 4.69) is 15.6 Å². The first-order chi connectivity index (χ1) is 14.4. The zero-order valence-corrected chi connectivity index (χ0v) is 20.5. The molecule has 9 heteroatoms. The summed E-state index contributed by atoms with van der Waals surface area (Å²) in [4.78, 5) is 28.0. The largest absolute Gasteiger partial charge is 0.356 e. The van der Waals surface area contributed by atoms with Crippen LogP contribution < -0.4 is 10.6 Å². The third kappa shape index (κ3) is 8.91. The summed E-state index contributed by atoms with van der Waals surface area (Å²) < 4.78 is 0. The molecule has 0 saturated carbocycles. The molecule has 0 atom stereocenters. The molecule has 0 aliphatic rings. The van der Waals surface area contributed by atoms with Crippen LogP contribution in [0.2, 0.25) is 0 Å². The number of nitrogens with one attached hydrogen (secondary N) is 2. The second kappa shape index (κ2) is 13.6. The van der Waals surface area contributed by atoms with Crippen LogP contribution in [0.4, 0.5) is 5.69 Å². The summed E-state index contributed by atoms with van der Waals surface area (Å²) in [6.07, 6.45) is 2.81. The van der Waals surface area contributed by atoms with E-state index in [-0.39, 0.29) is 40.5 Å². The first kappa shape index (κ1) is 26.3. The van der Waals surface area contributed by atoms with E-state index in [0.29, 0.717) is 12.1 Å². The van der Waals surface area contributed by atoms with E-state index >= 15 is 0 Å². The van der Waals surface area contributed by atoms with Crippen LogP contribution in [0.5, 0.6) is 0 Å². The monoisotopic (exact) mass is 539 g/mol. The highest BCUT2D eigenvalue weighted by Gasteiger charge is 2.07. The lowest BCUT2D eigenvalue weighted by Crippen LogP contribution is -2.37. The zero-order chi connectivity index (χ0) is 21.9. The SMILES string of the molecule is CN=C(NCCCCc1ccc([N+](=O)[O-])cc1)NCc1ccc(C(=O)N(C)C)cc1.I. The van der Waals surface area contributed by atoms with Crippen LogP contribution in [0.1, 0.15) is 34.3 Å². The maximum Gasteiger partial charge on any atom is 0.269 e. The smallest absolute Gasteiger partial charge is 0.269 e. The van der Waals surface area contributed by atoms with Gasteiger partial charge in [-0.3, -0.25) is 19.9 Å². The molecule has 2 aromatic carbocycles. The quantitative estimate of drug-likeness (QED) is 0.127. The van der Waals surface area contributed by atoms with Crippen molar-refractivity contribution in [3.63, 3.8) is 0 Å². The molecular weight excluding hydrogens is 509 g/mol. The number of benzene rings is 2. The van der Waals surface area contributed by atoms with E-state index in [4.69, 9.17) is 0 Å². The molecule has 2 rings (SSSR count). The second-order valence-electron chi connectivity index (χ2n) is 7.13. The van der Waals surface area contributed by atoms with Gasteiger partial charge in [0, 0.05) is 51.9 Å². The number of nitrogens with zero attached hydrogens (tertiary/aromatic N) is 3. The molecule has 8 nitrogen and oxygen atoms in total. The number of rotatable bonds is 9. The summed E-state index contributed by atoms with van der Waals surface area (Å²) in [5, 5.41) is 17.2. The Morgan fingerprint density at radius 3 is 2.16 bits per heavy atom. The van der Waals surface area contributed by atoms with Gasteiger partial charge in [-0.05, 0) is 42.5 Å². The molecule has 0 radical (unpaired) electrons. The Morgan fingerprint density at radius 2 is 1.61 bits per heavy atom. The third-order valence-electron chi connectivity index (χ3n) is 4.62. The van der Waals surface area contributed by atoms with Gasteiger partial charge in [0.05, 0.1) is 4.92 Å². The van der Waals surface area contributed by atoms with Crippen molar-refractivity contribution in [1.82, 2.24) is 15.5 Å². The Labute approximate surface area is 200 Å². The summed E-state index contributed by atoms with van der Waals surface area (Å²) in [7, 11) is 5.20. The van der Waals surface area contributed by atoms with E-state index in [0.717, 1.165) is 42.9 Å². The molecule has 1 amide bonds. The van der Waals surface area contributed by atoms with Gasteiger partial charge in [-0.1, -0.05) is 24.3 Å². The minimum atomic E-state index is -0.385. The molecule has 0 saturated heterocycles. The Balaban J connectivity index is 0.00000480. The lowest BCUT2D eigenvalue weighted by molar-refractivity contribution is -0.384. The number of aryl methyl sites for hydroxylation is 1. The average Bonchev–Trinajstić information content (AvgIpc) is 2.75. The van der Waals surface area contributed by atoms with Crippen molar-refractivity contribution >= 4 is 41.5 Å². The molecule has 0 aromatic heterocycles. The van der Waals surface area contributed by atoms with Crippen molar-refractivity contribution in [3.05, 3.63) is 75.3 Å². The number of guanidine groups is 1. The Bertz CT molecular complexity index is 868. The molecule has 0 aliphatic carbocycles. The Hall–Kier alpha value is -2.69. The molecule has 0 spiro atoms. The van der Waals surface area contributed by atoms with Crippen LogP contribution in [0, 0.1) is 10.1 Å². The number of amides is 1. The van der Waals surface area contributed by atoms with Crippen LogP contribution in [-0.2, 0) is 13.0 Å². The number of hydrogen-bond acceptors (Lipinski definition) is 4. The van der Waals surface area contributed by atoms with Crippen LogP contribution >= 0.6 is 24.0 Å². The van der Waals surface area contributed by atoms with Crippen molar-refractivity contribution in [2.45, 2.75) is 25.8 Å². The van der Waals surface area contributed by atoms with Crippen LogP contribution in [-0.4, -0.2) is 49.4 Å². The van der Waals surface area contributed by atoms with Crippen molar-refractivity contribution in [3.8, 4) is 0 Å². The van der Waals surface area contributed by atoms with Crippen LogP contribution in [0.15, 0.2) is 53.5 Å². The molecule has 2 aromatic rings. The maximum absolute atomic E-state index is 11.9. The number of nitro benzene ring substituents is 1. The number of halogens is 1. The standard InChI is InChI=1S/C22H29N5O3.HI/c1-23-22(25-16-18-7-11-19(12-8-18)21(28)26(2)3)24-15-5-4-6-17-9-13-20(14-10-17)27(29)30;/h7-14H,4-6,15-16H2,1-3H3,(H2,23,24,25);1H. The average molecular weight is 539 g/mol. The number of non-ortho nitro benzene ring substituents is 1. The summed E-state index contributed by atoms with van der Waals surface area (Å²) in [5.74, 6) is 0.708. The van der Waals surface area contributed by atoms with Crippen molar-refractivity contribution < 1.29 is 9.72 Å². The molecule has 0 bridgehead atoms. The number of nitro groups is 1. The first-order valence-corrected chi connectivity index (χ1v) is 9.89. The summed E-state index contributed by atoms with van der Waals surface area (Å²) >= 11 is 0. The van der Waals surface area contributed by atoms with Gasteiger partial charge in [0.2, 0.25) is 0 Å². The normalized spacial score (nSPS) is 10.7. The van der Waals surface area contributed by atoms with Gasteiger partial charge in [0.25, 0.3) is 11.6 Å². The third-order valence-corrected chi connectivity index (χ3v) is 4.62. The molecule has 31 heavy (non-hydrogen) atoms. The molecule has 0 unspecified atom stereocenters. The molecule has 0 fully saturated rings. The van der Waals surface area contributed by atoms with Crippen molar-refractivity contribution in [2.24, 2.45) is 4.99 Å². The highest BCUT2D eigenvalue weighted by atomic mass is 127. The summed E-state index contributed by atoms with van der Waals surface area (Å²) in [5.41, 5.74) is 2.94. The van der Waals surface area contributed by atoms with E-state index in [1.165, 1.54) is 0 Å². The van der Waals surface area contributed by atoms with Gasteiger partial charge < -0.3 is 15.5 Å². The predicted molar refractivity (Wildman–Crippen MR) is 134 cm³/mol. The van der Waals surface area contributed by atoms with E-state index < -0.39 is 0 Å². The van der Waals surface area contributed by atoms with Crippen molar-refractivity contribution in [2.75, 3.05) is 27.7 Å². The second-order valence-corrected chi connectivity index (χ2v) is 7.13. The topological polar surface area (TPSA) is 99.9 Å². The Kier molecular flexibility index (Phi) is 11.5. The summed E-state index contributed by atoms with van der Waals surface area (Å²) in [6, 6.07) is 14.2. The molecular formula is C22H30IN5O3. The molecule has 2 N–H and O–H groups in total. The fraction of sp³-hybridized carbons (Fsp3) is 0.364. The lowest BCUT2D eigenvalue weighted by Gasteiger charge is -2.13. The minimum Gasteiger partial charge on any atom is -0.356 e. The molecule has 0 heterocycles. The van der Waals surface area contributed by atoms with Crippen LogP contribution in [0.25, 0.3) is 0 Å². The van der Waals surface area contributed by atoms with Gasteiger partial charge >= 0.3 is 0 Å². The van der Waals surface area contributed by atoms with Gasteiger partial charge in [-0.25, -0.2) is 0 Å². The number of unbranched alkanes of at least 4 members (excludes halogenated alkanes) is 1. The fourth-order valence-corrected chi connectivity index (χ4v) is 2.88. The summed E-state index contributed by atoms with van der Waals surface area (Å²) in [6.45, 7) is 1.39. The highest BCUT2D eigenvalue weighted by molar-refractivity contribution is 14.0. The highest BCUT2D eigenvalue weighted by Crippen LogP contribution is 2.13. The number of aliphatic imine (C=N–C) groups is 1. The number of carbonyl (C=O) groups is 1. The lowest BCUT2D eigenvalue weighted by atomic mass is 10.1. The first-order valence-electron chi connectivity index (χ1n) is 9.89. The van der Waals surface area contributed by atoms with Crippen LogP contribution in [0.3, 0.4) is 0 Å². The molecule has 168 valence electrons. The fourth-order valence-electron chi connectivity index (χ4n) is 2.88. The van der Waals surface area contributed by atoms with E-state index in [1.807, 2.05) is 36.4 Å². The predicted octanol–water partition coefficient (Wildman–Crippen LogP) is 3.60. The van der Waals surface area contributed by atoms with Crippen molar-refractivity contribution in [1.29, 1.82) is 0 Å². The maximum atomic E-state index is 11.9. The Morgan fingerprint density at radius 1 is 1.00 bits per heavy atom. The van der Waals surface area contributed by atoms with Gasteiger partial charge in [-0.15, -0.1) is 24.0 Å². The van der Waals surface area contributed by atoms with Gasteiger partial charge in [0.15, 0.2) is 5.96 Å².